The van der Waals surface area contributed by atoms with Gasteiger partial charge in [-0.3, -0.25) is 19.2 Å². The van der Waals surface area contributed by atoms with Gasteiger partial charge in [0, 0.05) is 11.3 Å². The van der Waals surface area contributed by atoms with E-state index in [0.717, 1.165) is 62.4 Å². The molecule has 6 bridgehead atoms. The van der Waals surface area contributed by atoms with Crippen molar-refractivity contribution in [3.05, 3.63) is 0 Å². The number of carbonyl (C=O) groups is 4. The Morgan fingerprint density at radius 3 is 1.58 bits per heavy atom. The maximum atomic E-state index is 12.6. The van der Waals surface area contributed by atoms with Gasteiger partial charge in [-0.05, 0) is 195 Å². The SMILES string of the molecule is CCC(C)(C)C(=O)OC.CCC(C)(C)C(=O)OC(C)(C)C12CC3CC(CC(C3)C1)C2.CCC(C)(C)C(=O)OC1(C)CCCC1.O=C1OCC2C3CCC(C3)C12. The van der Waals surface area contributed by atoms with Crippen LogP contribution in [0.3, 0.4) is 0 Å². The molecule has 1 aliphatic heterocycles. The van der Waals surface area contributed by atoms with Gasteiger partial charge < -0.3 is 18.9 Å². The molecule has 1 heterocycles. The molecule has 7 saturated carbocycles. The standard InChI is InChI=1S/C19H32O2.C12H22O2.C9H12O2.C7H14O2/c1-6-17(2,3)16(20)21-18(4,5)19-10-13-7-14(11-19)9-15(8-13)12-19;1-5-11(2,3)10(13)14-12(4)8-6-7-9-12;10-9-8-6-2-1-5(3-6)7(8)4-11-9;1-5-7(2,3)6(8)9-4/h13-15H,6-12H2,1-5H3;5-9H2,1-4H3;5-8H,1-4H2;5H2,1-4H3. The van der Waals surface area contributed by atoms with Gasteiger partial charge in [0.25, 0.3) is 0 Å². The second kappa shape index (κ2) is 17.4. The smallest absolute Gasteiger partial charge is 0.312 e. The lowest BCUT2D eigenvalue weighted by Crippen LogP contribution is -2.58. The Kier molecular flexibility index (Phi) is 14.4. The first-order chi connectivity index (χ1) is 25.5. The van der Waals surface area contributed by atoms with Crippen LogP contribution in [-0.2, 0) is 38.1 Å². The number of hydrogen-bond acceptors (Lipinski definition) is 8. The van der Waals surface area contributed by atoms with Crippen molar-refractivity contribution in [1.82, 2.24) is 0 Å². The third-order valence-corrected chi connectivity index (χ3v) is 15.9. The number of fused-ring (bicyclic) bond motifs is 5. The molecule has 8 aliphatic rings. The van der Waals surface area contributed by atoms with Crippen molar-refractivity contribution >= 4 is 23.9 Å². The van der Waals surface area contributed by atoms with Crippen LogP contribution in [0.5, 0.6) is 0 Å². The summed E-state index contributed by atoms with van der Waals surface area (Å²) in [4.78, 5) is 46.5. The molecule has 1 saturated heterocycles. The first-order valence-electron chi connectivity index (χ1n) is 22.2. The third kappa shape index (κ3) is 10.3. The zero-order valence-electron chi connectivity index (χ0n) is 37.3. The Bertz CT molecular complexity index is 1310. The predicted molar refractivity (Wildman–Crippen MR) is 217 cm³/mol. The zero-order valence-corrected chi connectivity index (χ0v) is 37.3. The quantitative estimate of drug-likeness (QED) is 0.168. The highest BCUT2D eigenvalue weighted by molar-refractivity contribution is 5.77. The van der Waals surface area contributed by atoms with Crippen molar-refractivity contribution in [2.24, 2.45) is 63.1 Å². The molecule has 316 valence electrons. The minimum atomic E-state index is -0.362. The van der Waals surface area contributed by atoms with Crippen molar-refractivity contribution in [3.8, 4) is 0 Å². The largest absolute Gasteiger partial charge is 0.469 e. The molecule has 8 nitrogen and oxygen atoms in total. The van der Waals surface area contributed by atoms with Gasteiger partial charge in [0.15, 0.2) is 0 Å². The van der Waals surface area contributed by atoms with Crippen molar-refractivity contribution < 1.29 is 38.1 Å². The summed E-state index contributed by atoms with van der Waals surface area (Å²) in [7, 11) is 1.42. The highest BCUT2D eigenvalue weighted by atomic mass is 16.6. The van der Waals surface area contributed by atoms with Crippen LogP contribution in [0, 0.1) is 63.1 Å². The van der Waals surface area contributed by atoms with Gasteiger partial charge in [-0.1, -0.05) is 20.8 Å². The number of methoxy groups -OCH3 is 1. The van der Waals surface area contributed by atoms with Gasteiger partial charge in [0.2, 0.25) is 0 Å². The number of carbonyl (C=O) groups excluding carboxylic acids is 4. The fourth-order valence-electron chi connectivity index (χ4n) is 10.9. The summed E-state index contributed by atoms with van der Waals surface area (Å²) in [5.74, 6) is 5.06. The molecule has 4 atom stereocenters. The second-order valence-corrected chi connectivity index (χ2v) is 21.5. The molecule has 0 spiro atoms. The van der Waals surface area contributed by atoms with E-state index in [-0.39, 0.29) is 56.7 Å². The zero-order chi connectivity index (χ0) is 41.2. The van der Waals surface area contributed by atoms with E-state index in [0.29, 0.717) is 17.8 Å². The minimum Gasteiger partial charge on any atom is -0.469 e. The Hall–Kier alpha value is -2.12. The van der Waals surface area contributed by atoms with Crippen molar-refractivity contribution in [1.29, 1.82) is 0 Å². The molecular weight excluding hydrogens is 693 g/mol. The van der Waals surface area contributed by atoms with Gasteiger partial charge in [0.1, 0.15) is 11.2 Å². The van der Waals surface area contributed by atoms with Crippen LogP contribution in [0.1, 0.15) is 186 Å². The van der Waals surface area contributed by atoms with E-state index in [2.05, 4.69) is 32.4 Å². The van der Waals surface area contributed by atoms with Crippen molar-refractivity contribution in [3.63, 3.8) is 0 Å². The highest BCUT2D eigenvalue weighted by Crippen LogP contribution is 2.64. The Labute approximate surface area is 335 Å². The summed E-state index contributed by atoms with van der Waals surface area (Å²) in [5, 5.41) is 0. The van der Waals surface area contributed by atoms with E-state index in [1.165, 1.54) is 77.7 Å². The van der Waals surface area contributed by atoms with E-state index in [1.807, 2.05) is 55.4 Å². The van der Waals surface area contributed by atoms with Crippen LogP contribution >= 0.6 is 0 Å². The van der Waals surface area contributed by atoms with Crippen molar-refractivity contribution in [2.45, 2.75) is 197 Å². The fraction of sp³-hybridized carbons (Fsp3) is 0.915. The third-order valence-electron chi connectivity index (χ3n) is 15.9. The molecule has 0 radical (unpaired) electrons. The molecule has 0 amide bonds. The molecule has 7 aliphatic carbocycles. The lowest BCUT2D eigenvalue weighted by Gasteiger charge is -2.61. The monoisotopic (exact) mass is 773 g/mol. The van der Waals surface area contributed by atoms with Gasteiger partial charge in [0.05, 0.1) is 35.9 Å². The van der Waals surface area contributed by atoms with Crippen LogP contribution in [0.2, 0.25) is 0 Å². The first kappa shape index (κ1) is 45.6. The molecular formula is C47H80O8. The van der Waals surface area contributed by atoms with E-state index in [4.69, 9.17) is 14.2 Å². The van der Waals surface area contributed by atoms with Crippen LogP contribution in [0.4, 0.5) is 0 Å². The Balaban J connectivity index is 0.000000173. The summed E-state index contributed by atoms with van der Waals surface area (Å²) in [6.45, 7) is 24.9. The highest BCUT2D eigenvalue weighted by Gasteiger charge is 2.59. The molecule has 8 heteroatoms. The van der Waals surface area contributed by atoms with Crippen molar-refractivity contribution in [2.75, 3.05) is 13.7 Å². The first-order valence-corrected chi connectivity index (χ1v) is 22.2. The summed E-state index contributed by atoms with van der Waals surface area (Å²) in [6.07, 6.45) is 19.0. The Morgan fingerprint density at radius 1 is 0.691 bits per heavy atom. The lowest BCUT2D eigenvalue weighted by molar-refractivity contribution is -0.206. The van der Waals surface area contributed by atoms with E-state index in [9.17, 15) is 19.2 Å². The molecule has 8 rings (SSSR count). The van der Waals surface area contributed by atoms with Crippen LogP contribution in [0.25, 0.3) is 0 Å². The predicted octanol–water partition coefficient (Wildman–Crippen LogP) is 11.1. The molecule has 0 aromatic carbocycles. The molecule has 0 N–H and O–H groups in total. The van der Waals surface area contributed by atoms with Crippen LogP contribution in [0.15, 0.2) is 0 Å². The summed E-state index contributed by atoms with van der Waals surface area (Å²) < 4.78 is 21.4. The van der Waals surface area contributed by atoms with Crippen LogP contribution in [-0.4, -0.2) is 48.8 Å². The summed E-state index contributed by atoms with van der Waals surface area (Å²) >= 11 is 0. The van der Waals surface area contributed by atoms with Gasteiger partial charge in [-0.15, -0.1) is 0 Å². The Morgan fingerprint density at radius 2 is 1.15 bits per heavy atom. The molecule has 0 aromatic rings. The van der Waals surface area contributed by atoms with Gasteiger partial charge in [-0.2, -0.15) is 0 Å². The van der Waals surface area contributed by atoms with E-state index in [1.54, 1.807) is 0 Å². The lowest BCUT2D eigenvalue weighted by atomic mass is 9.46. The van der Waals surface area contributed by atoms with Gasteiger partial charge >= 0.3 is 23.9 Å². The molecule has 8 fully saturated rings. The van der Waals surface area contributed by atoms with E-state index >= 15 is 0 Å². The molecule has 0 aromatic heterocycles. The fourth-order valence-corrected chi connectivity index (χ4v) is 10.9. The normalized spacial score (nSPS) is 32.5. The number of ether oxygens (including phenoxy) is 4. The van der Waals surface area contributed by atoms with E-state index < -0.39 is 0 Å². The maximum Gasteiger partial charge on any atom is 0.312 e. The number of rotatable bonds is 9. The number of hydrogen-bond donors (Lipinski definition) is 0. The average molecular weight is 773 g/mol. The maximum absolute atomic E-state index is 12.6. The molecule has 55 heavy (non-hydrogen) atoms. The average Bonchev–Trinajstić information content (AvgIpc) is 3.93. The summed E-state index contributed by atoms with van der Waals surface area (Å²) in [5.41, 5.74) is -1.24. The van der Waals surface area contributed by atoms with Gasteiger partial charge in [-0.25, -0.2) is 0 Å². The topological polar surface area (TPSA) is 105 Å². The molecule has 4 unspecified atom stereocenters. The number of esters is 4. The second-order valence-electron chi connectivity index (χ2n) is 21.5. The minimum absolute atomic E-state index is 0.00857. The number of cyclic esters (lactones) is 1. The summed E-state index contributed by atoms with van der Waals surface area (Å²) in [6, 6.07) is 0. The van der Waals surface area contributed by atoms with Crippen LogP contribution < -0.4 is 0 Å².